The number of nitrogens with two attached hydrogens (primary N) is 1. The number of fused-ring (bicyclic) bond motifs is 4. The van der Waals surface area contributed by atoms with Gasteiger partial charge in [0.25, 0.3) is 11.8 Å². The third kappa shape index (κ3) is 13.1. The first-order valence-corrected chi connectivity index (χ1v) is 27.1. The first-order valence-electron chi connectivity index (χ1n) is 27.1. The fourth-order valence-corrected chi connectivity index (χ4v) is 10.8. The van der Waals surface area contributed by atoms with E-state index in [2.05, 4.69) is 38.8 Å². The molecule has 80 heavy (non-hydrogen) atoms. The van der Waals surface area contributed by atoms with Gasteiger partial charge >= 0.3 is 11.9 Å². The molecule has 23 heteroatoms. The van der Waals surface area contributed by atoms with E-state index >= 15 is 0 Å². The average Bonchev–Trinajstić information content (AvgIpc) is 4.14. The van der Waals surface area contributed by atoms with Gasteiger partial charge in [-0.1, -0.05) is 43.7 Å². The number of aryl methyl sites for hydroxylation is 2. The Balaban J connectivity index is 0.819. The van der Waals surface area contributed by atoms with Crippen LogP contribution in [0, 0.1) is 13.8 Å². The van der Waals surface area contributed by atoms with Crippen molar-refractivity contribution in [2.45, 2.75) is 122 Å². The van der Waals surface area contributed by atoms with Gasteiger partial charge in [-0.05, 0) is 112 Å². The number of unbranched alkanes of at least 4 members (excludes halogenated alkanes) is 3. The lowest BCUT2D eigenvalue weighted by atomic mass is 9.80. The van der Waals surface area contributed by atoms with Crippen LogP contribution >= 0.6 is 0 Å². The van der Waals surface area contributed by atoms with E-state index in [4.69, 9.17) is 20.2 Å². The van der Waals surface area contributed by atoms with E-state index in [-0.39, 0.29) is 74.4 Å². The highest BCUT2D eigenvalue weighted by atomic mass is 16.6. The first kappa shape index (κ1) is 58.0. The lowest BCUT2D eigenvalue weighted by Gasteiger charge is -2.36. The van der Waals surface area contributed by atoms with Gasteiger partial charge in [0.05, 0.1) is 48.2 Å². The summed E-state index contributed by atoms with van der Waals surface area (Å²) in [5.41, 5.74) is 11.8. The monoisotopic (exact) mass is 1100 g/mol. The maximum Gasteiger partial charge on any atom is 0.350 e. The van der Waals surface area contributed by atoms with E-state index in [0.717, 1.165) is 43.6 Å². The van der Waals surface area contributed by atoms with E-state index in [1.54, 1.807) is 43.3 Å². The maximum absolute atomic E-state index is 13.6. The van der Waals surface area contributed by atoms with Crippen LogP contribution in [0.25, 0.3) is 16.6 Å². The number of hydrogen-bond donors (Lipinski definition) is 8. The Bertz CT molecular complexity index is 3080. The van der Waals surface area contributed by atoms with Crippen LogP contribution in [0.4, 0.5) is 0 Å². The van der Waals surface area contributed by atoms with E-state index in [1.165, 1.54) is 12.2 Å². The summed E-state index contributed by atoms with van der Waals surface area (Å²) in [7, 11) is 0. The van der Waals surface area contributed by atoms with Gasteiger partial charge in [-0.3, -0.25) is 43.3 Å². The van der Waals surface area contributed by atoms with Crippen molar-refractivity contribution in [3.05, 3.63) is 105 Å². The number of ether oxygens (including phenoxy) is 2. The number of rotatable bonds is 26. The second-order valence-electron chi connectivity index (χ2n) is 20.6. The molecule has 4 atom stereocenters. The molecule has 23 nitrogen and oxygen atoms in total. The highest BCUT2D eigenvalue weighted by Gasteiger charge is 2.50. The van der Waals surface area contributed by atoms with Crippen molar-refractivity contribution in [3.8, 4) is 0 Å². The van der Waals surface area contributed by atoms with E-state index in [9.17, 15) is 53.1 Å². The van der Waals surface area contributed by atoms with Crippen molar-refractivity contribution in [2.24, 2.45) is 5.73 Å². The number of benzene rings is 2. The number of aromatic nitrogens is 1. The van der Waals surface area contributed by atoms with Gasteiger partial charge in [0.15, 0.2) is 5.60 Å². The summed E-state index contributed by atoms with van der Waals surface area (Å²) in [5.74, 6) is -6.05. The van der Waals surface area contributed by atoms with Crippen molar-refractivity contribution in [2.75, 3.05) is 46.1 Å². The largest absolute Gasteiger partial charge is 0.387 e. The Hall–Kier alpha value is -8.15. The van der Waals surface area contributed by atoms with Crippen LogP contribution in [0.1, 0.15) is 110 Å². The zero-order valence-corrected chi connectivity index (χ0v) is 45.1. The number of aliphatic hydroxyl groups is 1. The molecular formula is C57H68N10O13. The number of pyridine rings is 1. The predicted molar refractivity (Wildman–Crippen MR) is 288 cm³/mol. The molecule has 4 aliphatic heterocycles. The second-order valence-corrected chi connectivity index (χ2v) is 20.6. The van der Waals surface area contributed by atoms with Crippen LogP contribution in [0.5, 0.6) is 0 Å². The van der Waals surface area contributed by atoms with Gasteiger partial charge in [0.2, 0.25) is 35.4 Å². The molecule has 0 saturated heterocycles. The summed E-state index contributed by atoms with van der Waals surface area (Å²) in [6, 6.07) is 8.25. The number of cyclic esters (lactones) is 2. The first-order chi connectivity index (χ1) is 38.4. The number of esters is 2. The number of hydrogen-bond acceptors (Lipinski definition) is 16. The highest BCUT2D eigenvalue weighted by Crippen LogP contribution is 2.48. The third-order valence-corrected chi connectivity index (χ3v) is 15.2. The van der Waals surface area contributed by atoms with Crippen LogP contribution in [0.3, 0.4) is 0 Å². The minimum Gasteiger partial charge on any atom is -0.387 e. The minimum atomic E-state index is -2.00. The topological polar surface area (TPSA) is 327 Å². The summed E-state index contributed by atoms with van der Waals surface area (Å²) in [6.07, 6.45) is 8.35. The van der Waals surface area contributed by atoms with Crippen molar-refractivity contribution >= 4 is 75.8 Å². The van der Waals surface area contributed by atoms with E-state index in [1.807, 2.05) is 17.9 Å². The van der Waals surface area contributed by atoms with Gasteiger partial charge in [-0.2, -0.15) is 0 Å². The molecule has 5 heterocycles. The standard InChI is InChI=1S/C57H68N10O13/c1-4-57(78)38-25-43-52-37(29-66(43)28-36(38)55(76)80-56(57)77)51-39(18-17-35-33(3)32(2)23-41(65-52)50(35)51)62-47(71)30-79-31-61-45(69)26-59-54(75)42(24-34-13-7-5-8-14-34)64-46(70)27-60-53(74)40(15-10-11-21-58)63-44(68)16-9-6-12-22-67-48(72)19-20-49(67)73/h5,7-8,13-14,19-20,23,25,39-40,42,78H,4,6,9-12,15-18,21-22,24,26-31,58H2,1-3H3,(H,59,75)(H,60,74)(H,61,69)(H,62,71)(H,63,68)(H,64,70)/t39-,40-,42-,57-/m0/s1. The van der Waals surface area contributed by atoms with Crippen LogP contribution < -0.4 is 37.6 Å². The molecule has 8 amide bonds. The summed E-state index contributed by atoms with van der Waals surface area (Å²) < 4.78 is 10.6. The molecule has 0 radical (unpaired) electrons. The van der Waals surface area contributed by atoms with Gasteiger partial charge in [-0.15, -0.1) is 0 Å². The van der Waals surface area contributed by atoms with Gasteiger partial charge < -0.3 is 57.1 Å². The highest BCUT2D eigenvalue weighted by molar-refractivity contribution is 6.13. The smallest absolute Gasteiger partial charge is 0.350 e. The van der Waals surface area contributed by atoms with Crippen LogP contribution in [-0.2, 0) is 76.8 Å². The number of nitrogens with one attached hydrogen (secondary N) is 6. The number of nitrogens with zero attached hydrogens (tertiary/aromatic N) is 3. The zero-order valence-electron chi connectivity index (χ0n) is 45.1. The molecule has 0 unspecified atom stereocenters. The van der Waals surface area contributed by atoms with E-state index in [0.29, 0.717) is 75.0 Å². The van der Waals surface area contributed by atoms with Crippen molar-refractivity contribution < 1.29 is 62.5 Å². The Morgan fingerprint density at radius 2 is 1.56 bits per heavy atom. The maximum atomic E-state index is 13.6. The molecule has 424 valence electrons. The second kappa shape index (κ2) is 25.8. The van der Waals surface area contributed by atoms with Crippen LogP contribution in [0.15, 0.2) is 65.8 Å². The molecule has 5 aliphatic rings. The molecular weight excluding hydrogens is 1030 g/mol. The summed E-state index contributed by atoms with van der Waals surface area (Å²) in [4.78, 5) is 137. The van der Waals surface area contributed by atoms with Crippen molar-refractivity contribution in [1.29, 1.82) is 0 Å². The van der Waals surface area contributed by atoms with Gasteiger partial charge in [-0.25, -0.2) is 14.6 Å². The molecule has 2 aromatic carbocycles. The Morgan fingerprint density at radius 1 is 0.850 bits per heavy atom. The zero-order chi connectivity index (χ0) is 57.3. The average molecular weight is 1100 g/mol. The van der Waals surface area contributed by atoms with Gasteiger partial charge in [0.1, 0.15) is 25.4 Å². The lowest BCUT2D eigenvalue weighted by Crippen LogP contribution is -2.53. The SMILES string of the molecule is CC[C@@]1(O)C(=O)OC(=O)C2=C1C=C1c3nc4cc(C)c(C)c5c4c(c3CN1C2)[C@@H](NC(=O)COCNC(=O)CNC(=O)[C@H](Cc1ccccc1)NC(=O)CNC(=O)[C@H](CCCCN)NC(=O)CCCCCN1C(=O)C=CC1=O)CC5. The summed E-state index contributed by atoms with van der Waals surface area (Å²) in [6.45, 7) is 4.94. The number of amides is 8. The fraction of sp³-hybridized carbons (Fsp3) is 0.456. The Kier molecular flexibility index (Phi) is 18.7. The Morgan fingerprint density at radius 3 is 2.29 bits per heavy atom. The normalized spacial score (nSPS) is 18.7. The van der Waals surface area contributed by atoms with Crippen molar-refractivity contribution in [3.63, 3.8) is 0 Å². The molecule has 3 aromatic rings. The minimum absolute atomic E-state index is 0.00307. The molecule has 9 N–H and O–H groups in total. The quantitative estimate of drug-likeness (QED) is 0.0181. The van der Waals surface area contributed by atoms with E-state index < -0.39 is 84.9 Å². The van der Waals surface area contributed by atoms with Crippen molar-refractivity contribution in [1.82, 2.24) is 46.7 Å². The molecule has 0 saturated carbocycles. The number of carbonyl (C=O) groups excluding carboxylic acids is 10. The fourth-order valence-electron chi connectivity index (χ4n) is 10.8. The molecule has 1 aliphatic carbocycles. The summed E-state index contributed by atoms with van der Waals surface area (Å²) >= 11 is 0. The predicted octanol–water partition coefficient (Wildman–Crippen LogP) is 0.796. The number of imide groups is 1. The molecule has 0 spiro atoms. The van der Waals surface area contributed by atoms with Crippen LogP contribution in [0.2, 0.25) is 0 Å². The molecule has 0 fully saturated rings. The van der Waals surface area contributed by atoms with Gasteiger partial charge in [0, 0.05) is 54.6 Å². The Labute approximate surface area is 461 Å². The lowest BCUT2D eigenvalue weighted by molar-refractivity contribution is -0.172. The molecule has 0 bridgehead atoms. The van der Waals surface area contributed by atoms with Crippen LogP contribution in [-0.4, -0.2) is 143 Å². The number of carbonyl (C=O) groups is 10. The molecule has 1 aromatic heterocycles. The third-order valence-electron chi connectivity index (χ3n) is 15.2. The summed E-state index contributed by atoms with van der Waals surface area (Å²) in [5, 5.41) is 28.4. The molecule has 8 rings (SSSR count).